The lowest BCUT2D eigenvalue weighted by atomic mass is 10.1. The number of methoxy groups -OCH3 is 1. The van der Waals surface area contributed by atoms with Gasteiger partial charge in [0, 0.05) is 16.8 Å². The minimum atomic E-state index is -0.376. The summed E-state index contributed by atoms with van der Waals surface area (Å²) in [6.07, 6.45) is 5.14. The molecule has 0 spiro atoms. The van der Waals surface area contributed by atoms with Gasteiger partial charge in [-0.15, -0.1) is 21.5 Å². The molecule has 0 aromatic carbocycles. The third kappa shape index (κ3) is 4.88. The molecule has 164 valence electrons. The Morgan fingerprint density at radius 1 is 1.17 bits per heavy atom. The Bertz CT molecular complexity index is 918. The highest BCUT2D eigenvalue weighted by atomic mass is 32.2. The maximum Gasteiger partial charge on any atom is 0.341 e. The van der Waals surface area contributed by atoms with Crippen LogP contribution in [0.1, 0.15) is 85.5 Å². The molecular weight excluding hydrogens is 420 g/mol. The van der Waals surface area contributed by atoms with Gasteiger partial charge < -0.3 is 14.6 Å². The summed E-state index contributed by atoms with van der Waals surface area (Å²) in [4.78, 5) is 26.3. The predicted molar refractivity (Wildman–Crippen MR) is 121 cm³/mol. The van der Waals surface area contributed by atoms with Crippen LogP contribution < -0.4 is 5.32 Å². The summed E-state index contributed by atoms with van der Waals surface area (Å²) in [5.74, 6) is 0.839. The molecule has 2 aromatic rings. The van der Waals surface area contributed by atoms with E-state index < -0.39 is 0 Å². The molecule has 0 unspecified atom stereocenters. The van der Waals surface area contributed by atoms with Gasteiger partial charge in [0.25, 0.3) is 0 Å². The number of hydrogen-bond acceptors (Lipinski definition) is 7. The molecule has 9 heteroatoms. The van der Waals surface area contributed by atoms with Gasteiger partial charge in [-0.25, -0.2) is 4.79 Å². The number of rotatable bonds is 7. The van der Waals surface area contributed by atoms with Crippen LogP contribution in [-0.4, -0.2) is 39.5 Å². The number of ether oxygens (including phenoxy) is 1. The number of carbonyl (C=O) groups is 2. The van der Waals surface area contributed by atoms with Crippen LogP contribution in [0.2, 0.25) is 0 Å². The zero-order valence-electron chi connectivity index (χ0n) is 18.3. The first-order valence-electron chi connectivity index (χ1n) is 10.4. The van der Waals surface area contributed by atoms with Crippen LogP contribution in [0.3, 0.4) is 0 Å². The van der Waals surface area contributed by atoms with Gasteiger partial charge in [-0.3, -0.25) is 4.79 Å². The summed E-state index contributed by atoms with van der Waals surface area (Å²) in [5, 5.41) is 12.9. The number of hydrogen-bond donors (Lipinski definition) is 1. The van der Waals surface area contributed by atoms with Gasteiger partial charge >= 0.3 is 5.97 Å². The Hall–Kier alpha value is -1.87. The zero-order valence-corrected chi connectivity index (χ0v) is 19.9. The summed E-state index contributed by atoms with van der Waals surface area (Å²) in [7, 11) is 1.38. The van der Waals surface area contributed by atoms with Crippen molar-refractivity contribution in [2.24, 2.45) is 0 Å². The molecule has 1 amide bonds. The van der Waals surface area contributed by atoms with Crippen LogP contribution in [0.5, 0.6) is 0 Å². The molecule has 3 rings (SSSR count). The van der Waals surface area contributed by atoms with E-state index in [1.807, 2.05) is 0 Å². The fourth-order valence-corrected chi connectivity index (χ4v) is 5.88. The summed E-state index contributed by atoms with van der Waals surface area (Å²) in [6, 6.07) is 0.210. The van der Waals surface area contributed by atoms with Crippen molar-refractivity contribution < 1.29 is 14.3 Å². The molecule has 0 atom stereocenters. The van der Waals surface area contributed by atoms with Crippen LogP contribution in [0.15, 0.2) is 5.16 Å². The number of aromatic nitrogens is 3. The second kappa shape index (κ2) is 9.96. The molecule has 2 aromatic heterocycles. The van der Waals surface area contributed by atoms with Gasteiger partial charge in [0.2, 0.25) is 5.91 Å². The molecule has 30 heavy (non-hydrogen) atoms. The van der Waals surface area contributed by atoms with E-state index in [-0.39, 0.29) is 29.6 Å². The average Bonchev–Trinajstić information content (AvgIpc) is 3.20. The van der Waals surface area contributed by atoms with Crippen molar-refractivity contribution >= 4 is 40.0 Å². The Kier molecular flexibility index (Phi) is 7.57. The molecule has 2 heterocycles. The van der Waals surface area contributed by atoms with Gasteiger partial charge in [-0.05, 0) is 45.1 Å². The van der Waals surface area contributed by atoms with E-state index in [0.29, 0.717) is 10.6 Å². The molecule has 1 aliphatic rings. The second-order valence-electron chi connectivity index (χ2n) is 8.06. The normalized spacial score (nSPS) is 14.0. The minimum absolute atomic E-state index is 0.161. The third-order valence-electron chi connectivity index (χ3n) is 5.12. The molecule has 0 bridgehead atoms. The SMILES string of the molecule is COC(=O)c1c(NC(=O)CSc2nnc(C(C)C)n2C(C)C)sc2c1CCCCC2. The van der Waals surface area contributed by atoms with Gasteiger partial charge in [0.05, 0.1) is 18.4 Å². The van der Waals surface area contributed by atoms with Crippen molar-refractivity contribution in [2.75, 3.05) is 18.2 Å². The van der Waals surface area contributed by atoms with Gasteiger partial charge in [0.1, 0.15) is 10.8 Å². The second-order valence-corrected chi connectivity index (χ2v) is 10.1. The Morgan fingerprint density at radius 3 is 2.57 bits per heavy atom. The highest BCUT2D eigenvalue weighted by Crippen LogP contribution is 2.38. The number of nitrogens with zero attached hydrogens (tertiary/aromatic N) is 3. The van der Waals surface area contributed by atoms with Gasteiger partial charge in [-0.1, -0.05) is 32.0 Å². The van der Waals surface area contributed by atoms with Crippen molar-refractivity contribution in [1.29, 1.82) is 0 Å². The number of anilines is 1. The van der Waals surface area contributed by atoms with Crippen molar-refractivity contribution in [3.8, 4) is 0 Å². The Morgan fingerprint density at radius 2 is 1.90 bits per heavy atom. The van der Waals surface area contributed by atoms with Crippen molar-refractivity contribution in [3.63, 3.8) is 0 Å². The lowest BCUT2D eigenvalue weighted by Crippen LogP contribution is -2.17. The molecule has 7 nitrogen and oxygen atoms in total. The van der Waals surface area contributed by atoms with Crippen LogP contribution in [0.4, 0.5) is 5.00 Å². The molecule has 0 radical (unpaired) electrons. The molecule has 0 aliphatic heterocycles. The van der Waals surface area contributed by atoms with E-state index in [2.05, 4.69) is 47.8 Å². The van der Waals surface area contributed by atoms with E-state index in [1.165, 1.54) is 35.1 Å². The Balaban J connectivity index is 1.75. The smallest absolute Gasteiger partial charge is 0.341 e. The fourth-order valence-electron chi connectivity index (χ4n) is 3.71. The first-order valence-corrected chi connectivity index (χ1v) is 12.2. The average molecular weight is 451 g/mol. The van der Waals surface area contributed by atoms with E-state index in [4.69, 9.17) is 4.74 Å². The quantitative estimate of drug-likeness (QED) is 0.369. The Labute approximate surface area is 186 Å². The first kappa shape index (κ1) is 22.8. The van der Waals surface area contributed by atoms with Crippen LogP contribution >= 0.6 is 23.1 Å². The van der Waals surface area contributed by atoms with Crippen molar-refractivity contribution in [3.05, 3.63) is 21.8 Å². The molecule has 0 saturated heterocycles. The predicted octanol–water partition coefficient (Wildman–Crippen LogP) is 4.83. The lowest BCUT2D eigenvalue weighted by molar-refractivity contribution is -0.113. The molecular formula is C21H30N4O3S2. The highest BCUT2D eigenvalue weighted by Gasteiger charge is 2.26. The van der Waals surface area contributed by atoms with E-state index in [9.17, 15) is 9.59 Å². The highest BCUT2D eigenvalue weighted by molar-refractivity contribution is 7.99. The maximum absolute atomic E-state index is 12.7. The summed E-state index contributed by atoms with van der Waals surface area (Å²) in [5.41, 5.74) is 1.58. The summed E-state index contributed by atoms with van der Waals surface area (Å²) < 4.78 is 7.09. The van der Waals surface area contributed by atoms with Gasteiger partial charge in [-0.2, -0.15) is 0 Å². The topological polar surface area (TPSA) is 86.1 Å². The number of aryl methyl sites for hydroxylation is 1. The number of amides is 1. The van der Waals surface area contributed by atoms with Gasteiger partial charge in [0.15, 0.2) is 5.16 Å². The number of fused-ring (bicyclic) bond motifs is 1. The van der Waals surface area contributed by atoms with E-state index >= 15 is 0 Å². The largest absolute Gasteiger partial charge is 0.465 e. The monoisotopic (exact) mass is 450 g/mol. The zero-order chi connectivity index (χ0) is 21.8. The van der Waals surface area contributed by atoms with Crippen LogP contribution in [0, 0.1) is 0 Å². The molecule has 0 fully saturated rings. The fraction of sp³-hybridized carbons (Fsp3) is 0.619. The number of nitrogens with one attached hydrogen (secondary N) is 1. The van der Waals surface area contributed by atoms with E-state index in [0.717, 1.165) is 48.6 Å². The summed E-state index contributed by atoms with van der Waals surface area (Å²) >= 11 is 2.87. The third-order valence-corrected chi connectivity index (χ3v) is 7.27. The number of thiophene rings is 1. The molecule has 1 N–H and O–H groups in total. The van der Waals surface area contributed by atoms with Crippen LogP contribution in [0.25, 0.3) is 0 Å². The minimum Gasteiger partial charge on any atom is -0.465 e. The molecule has 1 aliphatic carbocycles. The maximum atomic E-state index is 12.7. The first-order chi connectivity index (χ1) is 14.3. The molecule has 0 saturated carbocycles. The number of carbonyl (C=O) groups excluding carboxylic acids is 2. The lowest BCUT2D eigenvalue weighted by Gasteiger charge is -2.15. The number of thioether (sulfide) groups is 1. The van der Waals surface area contributed by atoms with Crippen molar-refractivity contribution in [1.82, 2.24) is 14.8 Å². The standard InChI is InChI=1S/C21H30N4O3S2/c1-12(2)18-23-24-21(25(18)13(3)4)29-11-16(26)22-19-17(20(27)28-5)14-9-7-6-8-10-15(14)30-19/h12-13H,6-11H2,1-5H3,(H,22,26). The summed E-state index contributed by atoms with van der Waals surface area (Å²) in [6.45, 7) is 8.33. The van der Waals surface area contributed by atoms with Crippen LogP contribution in [-0.2, 0) is 22.4 Å². The van der Waals surface area contributed by atoms with Crippen molar-refractivity contribution in [2.45, 2.75) is 76.9 Å². The number of esters is 1. The van der Waals surface area contributed by atoms with E-state index in [1.54, 1.807) is 0 Å².